The third-order valence-electron chi connectivity index (χ3n) is 6.02. The number of nitrogens with one attached hydrogen (secondary N) is 1. The van der Waals surface area contributed by atoms with E-state index in [9.17, 15) is 12.8 Å². The summed E-state index contributed by atoms with van der Waals surface area (Å²) in [5, 5.41) is 2.58. The van der Waals surface area contributed by atoms with Gasteiger partial charge in [0.2, 0.25) is 10.0 Å². The lowest BCUT2D eigenvalue weighted by atomic mass is 10.1. The van der Waals surface area contributed by atoms with Gasteiger partial charge in [0, 0.05) is 45.0 Å². The van der Waals surface area contributed by atoms with Crippen LogP contribution in [0.3, 0.4) is 0 Å². The van der Waals surface area contributed by atoms with E-state index in [2.05, 4.69) is 16.8 Å². The van der Waals surface area contributed by atoms with Crippen LogP contribution in [0.15, 0.2) is 55.1 Å². The number of rotatable bonds is 7. The highest BCUT2D eigenvalue weighted by Crippen LogP contribution is 2.32. The van der Waals surface area contributed by atoms with Crippen LogP contribution >= 0.6 is 0 Å². The first kappa shape index (κ1) is 21.0. The molecule has 4 rings (SSSR count). The number of halogens is 1. The molecule has 0 aromatic heterocycles. The van der Waals surface area contributed by atoms with E-state index in [1.165, 1.54) is 17.7 Å². The fourth-order valence-electron chi connectivity index (χ4n) is 4.24. The minimum atomic E-state index is -3.51. The van der Waals surface area contributed by atoms with Crippen LogP contribution in [0.2, 0.25) is 0 Å². The van der Waals surface area contributed by atoms with Gasteiger partial charge in [-0.05, 0) is 47.7 Å². The quantitative estimate of drug-likeness (QED) is 0.687. The fourth-order valence-corrected chi connectivity index (χ4v) is 5.97. The summed E-state index contributed by atoms with van der Waals surface area (Å²) < 4.78 is 41.3. The molecule has 0 saturated carbocycles. The van der Waals surface area contributed by atoms with Crippen LogP contribution in [0, 0.1) is 5.82 Å². The Morgan fingerprint density at radius 1 is 1.10 bits per heavy atom. The van der Waals surface area contributed by atoms with E-state index in [1.54, 1.807) is 22.5 Å². The Bertz CT molecular complexity index is 1000. The van der Waals surface area contributed by atoms with Crippen molar-refractivity contribution < 1.29 is 12.8 Å². The Hall–Kier alpha value is -2.22. The van der Waals surface area contributed by atoms with E-state index >= 15 is 0 Å². The molecule has 1 N–H and O–H groups in total. The third kappa shape index (κ3) is 4.43. The maximum Gasteiger partial charge on any atom is 0.224 e. The summed E-state index contributed by atoms with van der Waals surface area (Å²) >= 11 is 0. The second kappa shape index (κ2) is 8.88. The molecule has 2 aromatic rings. The summed E-state index contributed by atoms with van der Waals surface area (Å²) in [5.74, 6) is -0.228. The van der Waals surface area contributed by atoms with Crippen LogP contribution in [0.1, 0.15) is 21.9 Å². The van der Waals surface area contributed by atoms with Gasteiger partial charge in [-0.2, -0.15) is 4.31 Å². The summed E-state index contributed by atoms with van der Waals surface area (Å²) in [6.07, 6.45) is 3.28. The van der Waals surface area contributed by atoms with Crippen LogP contribution in [0.4, 0.5) is 10.1 Å². The van der Waals surface area contributed by atoms with Crippen LogP contribution in [-0.2, 0) is 22.9 Å². The molecule has 2 aromatic carbocycles. The molecule has 1 fully saturated rings. The molecule has 160 valence electrons. The molecular formula is C23H28FN3O2S. The zero-order chi connectivity index (χ0) is 21.1. The molecular weight excluding hydrogens is 401 g/mol. The van der Waals surface area contributed by atoms with Gasteiger partial charge in [0.1, 0.15) is 11.1 Å². The van der Waals surface area contributed by atoms with Gasteiger partial charge in [-0.3, -0.25) is 0 Å². The number of hydrogen-bond donors (Lipinski definition) is 1. The second-order valence-electron chi connectivity index (χ2n) is 7.91. The van der Waals surface area contributed by atoms with Gasteiger partial charge < -0.3 is 10.2 Å². The molecule has 0 radical (unpaired) electrons. The van der Waals surface area contributed by atoms with Crippen molar-refractivity contribution in [3.05, 3.63) is 77.6 Å². The highest BCUT2D eigenvalue weighted by Gasteiger charge is 2.34. The van der Waals surface area contributed by atoms with Crippen LogP contribution in [0.5, 0.6) is 0 Å². The number of sulfonamides is 1. The van der Waals surface area contributed by atoms with Crippen molar-refractivity contribution in [1.82, 2.24) is 9.21 Å². The van der Waals surface area contributed by atoms with E-state index in [1.807, 2.05) is 18.2 Å². The molecule has 2 aliphatic rings. The third-order valence-corrected chi connectivity index (χ3v) is 8.22. The number of piperazine rings is 1. The number of anilines is 1. The Labute approximate surface area is 178 Å². The summed E-state index contributed by atoms with van der Waals surface area (Å²) in [6, 6.07) is 12.4. The predicted molar refractivity (Wildman–Crippen MR) is 119 cm³/mol. The minimum absolute atomic E-state index is 0.228. The van der Waals surface area contributed by atoms with E-state index < -0.39 is 15.3 Å². The van der Waals surface area contributed by atoms with Gasteiger partial charge in [-0.25, -0.2) is 12.8 Å². The van der Waals surface area contributed by atoms with Crippen molar-refractivity contribution in [2.24, 2.45) is 0 Å². The van der Waals surface area contributed by atoms with Gasteiger partial charge in [-0.1, -0.05) is 30.3 Å². The SMILES string of the molecule is C=CC(c1ccc2c(c1)CCN2)S(=O)(=O)N1CCN(CCc2ccc(F)cc2)CC1. The van der Waals surface area contributed by atoms with E-state index in [4.69, 9.17) is 0 Å². The molecule has 30 heavy (non-hydrogen) atoms. The standard InChI is InChI=1S/C23H28FN3O2S/c1-2-23(20-5-8-22-19(17-20)9-11-25-22)30(28,29)27-15-13-26(14-16-27)12-10-18-3-6-21(24)7-4-18/h2-8,17,23,25H,1,9-16H2. The number of fused-ring (bicyclic) bond motifs is 1. The normalized spacial score (nSPS) is 18.6. The Morgan fingerprint density at radius 2 is 1.83 bits per heavy atom. The molecule has 2 aliphatic heterocycles. The maximum absolute atomic E-state index is 13.3. The predicted octanol–water partition coefficient (Wildman–Crippen LogP) is 3.21. The average molecular weight is 430 g/mol. The van der Waals surface area contributed by atoms with Crippen molar-refractivity contribution in [1.29, 1.82) is 0 Å². The van der Waals surface area contributed by atoms with E-state index in [0.29, 0.717) is 26.2 Å². The first-order valence-corrected chi connectivity index (χ1v) is 11.9. The number of benzene rings is 2. The van der Waals surface area contributed by atoms with Gasteiger partial charge in [0.05, 0.1) is 0 Å². The average Bonchev–Trinajstić information content (AvgIpc) is 3.22. The Morgan fingerprint density at radius 3 is 2.53 bits per heavy atom. The fraction of sp³-hybridized carbons (Fsp3) is 0.391. The van der Waals surface area contributed by atoms with Crippen molar-refractivity contribution in [2.45, 2.75) is 18.1 Å². The number of nitrogens with zero attached hydrogens (tertiary/aromatic N) is 2. The maximum atomic E-state index is 13.3. The van der Waals surface area contributed by atoms with Crippen LogP contribution < -0.4 is 5.32 Å². The van der Waals surface area contributed by atoms with Crippen molar-refractivity contribution >= 4 is 15.7 Å². The van der Waals surface area contributed by atoms with Crippen molar-refractivity contribution in [2.75, 3.05) is 44.6 Å². The second-order valence-corrected chi connectivity index (χ2v) is 9.97. The molecule has 2 heterocycles. The van der Waals surface area contributed by atoms with Crippen LogP contribution in [0.25, 0.3) is 0 Å². The Balaban J connectivity index is 1.37. The van der Waals surface area contributed by atoms with Gasteiger partial charge in [-0.15, -0.1) is 6.58 Å². The number of hydrogen-bond acceptors (Lipinski definition) is 4. The molecule has 7 heteroatoms. The molecule has 0 amide bonds. The highest BCUT2D eigenvalue weighted by atomic mass is 32.2. The van der Waals surface area contributed by atoms with Gasteiger partial charge in [0.25, 0.3) is 0 Å². The molecule has 0 aliphatic carbocycles. The molecule has 0 bridgehead atoms. The van der Waals surface area contributed by atoms with Crippen molar-refractivity contribution in [3.63, 3.8) is 0 Å². The molecule has 1 atom stereocenters. The van der Waals surface area contributed by atoms with Crippen molar-refractivity contribution in [3.8, 4) is 0 Å². The minimum Gasteiger partial charge on any atom is -0.384 e. The molecule has 0 spiro atoms. The lowest BCUT2D eigenvalue weighted by molar-refractivity contribution is 0.189. The Kier molecular flexibility index (Phi) is 6.22. The summed E-state index contributed by atoms with van der Waals surface area (Å²) in [6.45, 7) is 7.88. The topological polar surface area (TPSA) is 52.7 Å². The zero-order valence-electron chi connectivity index (χ0n) is 17.1. The summed E-state index contributed by atoms with van der Waals surface area (Å²) in [7, 11) is -3.51. The monoisotopic (exact) mass is 429 g/mol. The highest BCUT2D eigenvalue weighted by molar-refractivity contribution is 7.89. The largest absolute Gasteiger partial charge is 0.384 e. The lowest BCUT2D eigenvalue weighted by Gasteiger charge is -2.35. The van der Waals surface area contributed by atoms with Gasteiger partial charge in [0.15, 0.2) is 0 Å². The first-order chi connectivity index (χ1) is 14.5. The van der Waals surface area contributed by atoms with Crippen LogP contribution in [-0.4, -0.2) is 56.9 Å². The van der Waals surface area contributed by atoms with E-state index in [0.717, 1.165) is 42.7 Å². The summed E-state index contributed by atoms with van der Waals surface area (Å²) in [5.41, 5.74) is 4.13. The lowest BCUT2D eigenvalue weighted by Crippen LogP contribution is -2.49. The zero-order valence-corrected chi connectivity index (χ0v) is 17.9. The molecule has 1 unspecified atom stereocenters. The first-order valence-electron chi connectivity index (χ1n) is 10.4. The van der Waals surface area contributed by atoms with Gasteiger partial charge >= 0.3 is 0 Å². The van der Waals surface area contributed by atoms with E-state index in [-0.39, 0.29) is 5.82 Å². The summed E-state index contributed by atoms with van der Waals surface area (Å²) in [4.78, 5) is 2.26. The smallest absolute Gasteiger partial charge is 0.224 e. The molecule has 5 nitrogen and oxygen atoms in total. The molecule has 1 saturated heterocycles.